The summed E-state index contributed by atoms with van der Waals surface area (Å²) in [5.41, 5.74) is 0.663. The monoisotopic (exact) mass is 410 g/mol. The number of fused-ring (bicyclic) bond motifs is 1. The largest absolute Gasteiger partial charge is 0.454 e. The summed E-state index contributed by atoms with van der Waals surface area (Å²) in [6, 6.07) is 7.65. The van der Waals surface area contributed by atoms with Gasteiger partial charge in [0.2, 0.25) is 6.79 Å². The third kappa shape index (κ3) is 4.89. The fourth-order valence-electron chi connectivity index (χ4n) is 2.48. The molecular formula is C18H16F2N2O5S. The number of carbonyl (C=O) groups is 2. The molecule has 0 saturated heterocycles. The van der Waals surface area contributed by atoms with Crippen molar-refractivity contribution in [2.75, 3.05) is 13.4 Å². The second-order valence-corrected chi connectivity index (χ2v) is 6.69. The van der Waals surface area contributed by atoms with Gasteiger partial charge in [0.25, 0.3) is 11.7 Å². The molecule has 2 aromatic rings. The molecule has 0 radical (unpaired) electrons. The highest BCUT2D eigenvalue weighted by Gasteiger charge is 2.20. The SMILES string of the molecule is C[C@@H](NC(=O)COC(=O)c1cccnc1SC(F)F)c1ccc2c(c1)OCO2. The second-order valence-electron chi connectivity index (χ2n) is 5.71. The normalized spacial score (nSPS) is 13.3. The first-order valence-electron chi connectivity index (χ1n) is 8.20. The van der Waals surface area contributed by atoms with Gasteiger partial charge in [-0.15, -0.1) is 0 Å². The van der Waals surface area contributed by atoms with Crippen molar-refractivity contribution in [1.82, 2.24) is 10.3 Å². The summed E-state index contributed by atoms with van der Waals surface area (Å²) in [4.78, 5) is 27.9. The lowest BCUT2D eigenvalue weighted by Crippen LogP contribution is -2.31. The summed E-state index contributed by atoms with van der Waals surface area (Å²) in [7, 11) is 0. The summed E-state index contributed by atoms with van der Waals surface area (Å²) in [5.74, 6) is -2.95. The molecule has 0 spiro atoms. The zero-order chi connectivity index (χ0) is 20.1. The van der Waals surface area contributed by atoms with E-state index in [1.807, 2.05) is 0 Å². The highest BCUT2D eigenvalue weighted by atomic mass is 32.2. The first-order valence-corrected chi connectivity index (χ1v) is 9.08. The molecule has 1 aromatic heterocycles. The van der Waals surface area contributed by atoms with Crippen LogP contribution in [0.1, 0.15) is 28.9 Å². The Morgan fingerprint density at radius 2 is 2.07 bits per heavy atom. The minimum atomic E-state index is -2.73. The van der Waals surface area contributed by atoms with E-state index in [0.29, 0.717) is 11.5 Å². The number of pyridine rings is 1. The zero-order valence-electron chi connectivity index (χ0n) is 14.7. The fourth-order valence-corrected chi connectivity index (χ4v) is 3.05. The molecule has 0 aliphatic carbocycles. The fraction of sp³-hybridized carbons (Fsp3) is 0.278. The number of ether oxygens (including phenoxy) is 3. The Morgan fingerprint density at radius 1 is 1.29 bits per heavy atom. The molecule has 0 saturated carbocycles. The van der Waals surface area contributed by atoms with Crippen LogP contribution in [0.15, 0.2) is 41.6 Å². The molecular weight excluding hydrogens is 394 g/mol. The van der Waals surface area contributed by atoms with E-state index in [0.717, 1.165) is 5.56 Å². The number of nitrogens with zero attached hydrogens (tertiary/aromatic N) is 1. The molecule has 7 nitrogen and oxygen atoms in total. The number of amides is 1. The number of halogens is 2. The third-order valence-electron chi connectivity index (χ3n) is 3.80. The maximum atomic E-state index is 12.6. The van der Waals surface area contributed by atoms with Gasteiger partial charge in [0.1, 0.15) is 5.03 Å². The van der Waals surface area contributed by atoms with Gasteiger partial charge < -0.3 is 19.5 Å². The number of hydrogen-bond donors (Lipinski definition) is 1. The molecule has 28 heavy (non-hydrogen) atoms. The topological polar surface area (TPSA) is 86.8 Å². The van der Waals surface area contributed by atoms with Crippen molar-refractivity contribution in [2.24, 2.45) is 0 Å². The summed E-state index contributed by atoms with van der Waals surface area (Å²) in [6.45, 7) is 1.35. The van der Waals surface area contributed by atoms with E-state index < -0.39 is 24.2 Å². The minimum absolute atomic E-state index is 0.121. The van der Waals surface area contributed by atoms with Crippen molar-refractivity contribution in [1.29, 1.82) is 0 Å². The molecule has 0 bridgehead atoms. The van der Waals surface area contributed by atoms with Gasteiger partial charge in [0.05, 0.1) is 11.6 Å². The van der Waals surface area contributed by atoms with E-state index in [-0.39, 0.29) is 35.2 Å². The van der Waals surface area contributed by atoms with Crippen LogP contribution in [0, 0.1) is 0 Å². The Balaban J connectivity index is 1.55. The van der Waals surface area contributed by atoms with Crippen molar-refractivity contribution >= 4 is 23.6 Å². The Kier molecular flexibility index (Phi) is 6.30. The first-order chi connectivity index (χ1) is 13.4. The Hall–Kier alpha value is -2.88. The third-order valence-corrected chi connectivity index (χ3v) is 4.53. The van der Waals surface area contributed by atoms with Crippen LogP contribution in [-0.4, -0.2) is 36.0 Å². The molecule has 1 aromatic carbocycles. The molecule has 1 aliphatic heterocycles. The van der Waals surface area contributed by atoms with Crippen LogP contribution in [-0.2, 0) is 9.53 Å². The maximum absolute atomic E-state index is 12.6. The van der Waals surface area contributed by atoms with Gasteiger partial charge in [-0.25, -0.2) is 9.78 Å². The first kappa shape index (κ1) is 19.9. The van der Waals surface area contributed by atoms with Gasteiger partial charge >= 0.3 is 5.97 Å². The zero-order valence-corrected chi connectivity index (χ0v) is 15.5. The molecule has 2 heterocycles. The number of benzene rings is 1. The van der Waals surface area contributed by atoms with Gasteiger partial charge in [-0.1, -0.05) is 6.07 Å². The van der Waals surface area contributed by atoms with Gasteiger partial charge in [0, 0.05) is 6.20 Å². The number of carbonyl (C=O) groups excluding carboxylic acids is 2. The van der Waals surface area contributed by atoms with Crippen molar-refractivity contribution < 1.29 is 32.6 Å². The number of aromatic nitrogens is 1. The lowest BCUT2D eigenvalue weighted by Gasteiger charge is -2.15. The van der Waals surface area contributed by atoms with E-state index in [1.54, 1.807) is 25.1 Å². The number of hydrogen-bond acceptors (Lipinski definition) is 7. The van der Waals surface area contributed by atoms with Crippen LogP contribution in [0.25, 0.3) is 0 Å². The lowest BCUT2D eigenvalue weighted by molar-refractivity contribution is -0.124. The number of alkyl halides is 2. The molecule has 3 rings (SSSR count). The van der Waals surface area contributed by atoms with Crippen LogP contribution < -0.4 is 14.8 Å². The predicted octanol–water partition coefficient (Wildman–Crippen LogP) is 3.16. The van der Waals surface area contributed by atoms with Crippen molar-refractivity contribution in [3.63, 3.8) is 0 Å². The van der Waals surface area contributed by atoms with E-state index in [2.05, 4.69) is 10.3 Å². The van der Waals surface area contributed by atoms with E-state index in [1.165, 1.54) is 18.3 Å². The summed E-state index contributed by atoms with van der Waals surface area (Å²) < 4.78 is 40.6. The van der Waals surface area contributed by atoms with Crippen LogP contribution in [0.5, 0.6) is 11.5 Å². The molecule has 1 amide bonds. The lowest BCUT2D eigenvalue weighted by atomic mass is 10.1. The Morgan fingerprint density at radius 3 is 2.86 bits per heavy atom. The molecule has 0 fully saturated rings. The predicted molar refractivity (Wildman–Crippen MR) is 95.5 cm³/mol. The van der Waals surface area contributed by atoms with Crippen LogP contribution >= 0.6 is 11.8 Å². The number of thioether (sulfide) groups is 1. The average Bonchev–Trinajstić information content (AvgIpc) is 3.14. The van der Waals surface area contributed by atoms with Gasteiger partial charge in [-0.05, 0) is 48.5 Å². The minimum Gasteiger partial charge on any atom is -0.454 e. The van der Waals surface area contributed by atoms with Gasteiger partial charge in [-0.3, -0.25) is 4.79 Å². The van der Waals surface area contributed by atoms with E-state index in [4.69, 9.17) is 14.2 Å². The smallest absolute Gasteiger partial charge is 0.341 e. The Bertz CT molecular complexity index is 881. The molecule has 0 unspecified atom stereocenters. The number of rotatable bonds is 7. The number of esters is 1. The number of nitrogens with one attached hydrogen (secondary N) is 1. The summed E-state index contributed by atoms with van der Waals surface area (Å²) in [5, 5.41) is 2.53. The van der Waals surface area contributed by atoms with Crippen molar-refractivity contribution in [3.8, 4) is 11.5 Å². The quantitative estimate of drug-likeness (QED) is 0.554. The van der Waals surface area contributed by atoms with Crippen LogP contribution in [0.3, 0.4) is 0 Å². The van der Waals surface area contributed by atoms with Gasteiger partial charge in [0.15, 0.2) is 18.1 Å². The molecule has 1 aliphatic rings. The summed E-state index contributed by atoms with van der Waals surface area (Å²) in [6.07, 6.45) is 1.29. The van der Waals surface area contributed by atoms with Crippen molar-refractivity contribution in [3.05, 3.63) is 47.7 Å². The average molecular weight is 410 g/mol. The molecule has 10 heteroatoms. The molecule has 148 valence electrons. The van der Waals surface area contributed by atoms with Crippen LogP contribution in [0.2, 0.25) is 0 Å². The highest BCUT2D eigenvalue weighted by molar-refractivity contribution is 7.99. The second kappa shape index (κ2) is 8.87. The van der Waals surface area contributed by atoms with E-state index in [9.17, 15) is 18.4 Å². The van der Waals surface area contributed by atoms with E-state index >= 15 is 0 Å². The highest BCUT2D eigenvalue weighted by Crippen LogP contribution is 2.34. The standard InChI is InChI=1S/C18H16F2N2O5S/c1-10(11-4-5-13-14(7-11)27-9-26-13)22-15(23)8-25-17(24)12-3-2-6-21-16(12)28-18(19)20/h2-7,10,18H,8-9H2,1H3,(H,22,23)/t10-/m1/s1. The summed E-state index contributed by atoms with van der Waals surface area (Å²) >= 11 is 0.137. The van der Waals surface area contributed by atoms with Crippen LogP contribution in [0.4, 0.5) is 8.78 Å². The molecule has 1 atom stereocenters. The molecule has 1 N–H and O–H groups in total. The Labute approximate surface area is 163 Å². The van der Waals surface area contributed by atoms with Crippen molar-refractivity contribution in [2.45, 2.75) is 23.7 Å². The maximum Gasteiger partial charge on any atom is 0.341 e. The van der Waals surface area contributed by atoms with Gasteiger partial charge in [-0.2, -0.15) is 8.78 Å².